The lowest BCUT2D eigenvalue weighted by molar-refractivity contribution is 0.185. The SMILES string of the molecule is O=C(NC[C@@H]1CCOC1)N[C@H]1CCSc2ccc(Cl)cc21. The first-order chi connectivity index (χ1) is 10.2. The number of hydrogen-bond acceptors (Lipinski definition) is 3. The summed E-state index contributed by atoms with van der Waals surface area (Å²) in [4.78, 5) is 13.3. The monoisotopic (exact) mass is 326 g/mol. The third-order valence-electron chi connectivity index (χ3n) is 3.89. The zero-order chi connectivity index (χ0) is 14.7. The number of nitrogens with one attached hydrogen (secondary N) is 2. The fourth-order valence-electron chi connectivity index (χ4n) is 2.71. The second-order valence-corrected chi connectivity index (χ2v) is 7.03. The molecule has 2 aliphatic heterocycles. The van der Waals surface area contributed by atoms with Gasteiger partial charge in [-0.2, -0.15) is 0 Å². The van der Waals surface area contributed by atoms with Crippen molar-refractivity contribution in [1.82, 2.24) is 10.6 Å². The Kier molecular flexibility index (Phi) is 4.93. The number of urea groups is 1. The van der Waals surface area contributed by atoms with Gasteiger partial charge in [0.2, 0.25) is 0 Å². The molecule has 3 rings (SSSR count). The minimum absolute atomic E-state index is 0.0415. The molecule has 0 spiro atoms. The van der Waals surface area contributed by atoms with E-state index in [1.54, 1.807) is 0 Å². The third kappa shape index (κ3) is 3.84. The largest absolute Gasteiger partial charge is 0.381 e. The molecule has 1 saturated heterocycles. The number of halogens is 1. The molecule has 2 aliphatic rings. The van der Waals surface area contributed by atoms with Crippen LogP contribution in [0.2, 0.25) is 5.02 Å². The summed E-state index contributed by atoms with van der Waals surface area (Å²) >= 11 is 7.89. The molecule has 2 N–H and O–H groups in total. The van der Waals surface area contributed by atoms with Crippen molar-refractivity contribution in [3.63, 3.8) is 0 Å². The van der Waals surface area contributed by atoms with Crippen LogP contribution in [0, 0.1) is 5.92 Å². The van der Waals surface area contributed by atoms with Crippen molar-refractivity contribution in [2.45, 2.75) is 23.8 Å². The van der Waals surface area contributed by atoms with E-state index in [9.17, 15) is 4.79 Å². The van der Waals surface area contributed by atoms with Crippen molar-refractivity contribution in [2.75, 3.05) is 25.5 Å². The molecule has 0 unspecified atom stereocenters. The molecule has 6 heteroatoms. The van der Waals surface area contributed by atoms with E-state index in [0.717, 1.165) is 37.4 Å². The predicted octanol–water partition coefficient (Wildman–Crippen LogP) is 3.21. The predicted molar refractivity (Wildman–Crippen MR) is 85.0 cm³/mol. The van der Waals surface area contributed by atoms with Crippen LogP contribution in [0.4, 0.5) is 4.79 Å². The molecule has 2 heterocycles. The van der Waals surface area contributed by atoms with E-state index in [2.05, 4.69) is 10.6 Å². The maximum atomic E-state index is 12.1. The number of thioether (sulfide) groups is 1. The summed E-state index contributed by atoms with van der Waals surface area (Å²) in [6.45, 7) is 2.23. The van der Waals surface area contributed by atoms with Crippen LogP contribution in [0.25, 0.3) is 0 Å². The zero-order valence-electron chi connectivity index (χ0n) is 11.7. The summed E-state index contributed by atoms with van der Waals surface area (Å²) < 4.78 is 5.31. The van der Waals surface area contributed by atoms with Gasteiger partial charge in [0, 0.05) is 34.7 Å². The van der Waals surface area contributed by atoms with Crippen molar-refractivity contribution in [3.05, 3.63) is 28.8 Å². The van der Waals surface area contributed by atoms with Crippen molar-refractivity contribution in [2.24, 2.45) is 5.92 Å². The highest BCUT2D eigenvalue weighted by Crippen LogP contribution is 2.37. The topological polar surface area (TPSA) is 50.4 Å². The Bertz CT molecular complexity index is 520. The molecule has 114 valence electrons. The molecule has 21 heavy (non-hydrogen) atoms. The maximum Gasteiger partial charge on any atom is 0.315 e. The Balaban J connectivity index is 1.57. The van der Waals surface area contributed by atoms with Crippen LogP contribution in [-0.4, -0.2) is 31.5 Å². The lowest BCUT2D eigenvalue weighted by Crippen LogP contribution is -2.41. The highest BCUT2D eigenvalue weighted by Gasteiger charge is 2.23. The van der Waals surface area contributed by atoms with E-state index in [-0.39, 0.29) is 12.1 Å². The van der Waals surface area contributed by atoms with E-state index in [0.29, 0.717) is 17.5 Å². The van der Waals surface area contributed by atoms with E-state index >= 15 is 0 Å². The molecule has 2 amide bonds. The molecule has 1 fully saturated rings. The molecule has 1 aromatic carbocycles. The minimum atomic E-state index is -0.107. The molecule has 0 bridgehead atoms. The Hall–Kier alpha value is -0.910. The summed E-state index contributed by atoms with van der Waals surface area (Å²) in [6.07, 6.45) is 1.96. The van der Waals surface area contributed by atoms with Gasteiger partial charge in [-0.1, -0.05) is 11.6 Å². The van der Waals surface area contributed by atoms with Crippen LogP contribution < -0.4 is 10.6 Å². The second kappa shape index (κ2) is 6.90. The van der Waals surface area contributed by atoms with E-state index in [4.69, 9.17) is 16.3 Å². The van der Waals surface area contributed by atoms with E-state index in [1.807, 2.05) is 30.0 Å². The number of fused-ring (bicyclic) bond motifs is 1. The van der Waals surface area contributed by atoms with Crippen molar-refractivity contribution in [1.29, 1.82) is 0 Å². The van der Waals surface area contributed by atoms with Gasteiger partial charge in [0.15, 0.2) is 0 Å². The number of hydrogen-bond donors (Lipinski definition) is 2. The molecule has 0 aromatic heterocycles. The van der Waals surface area contributed by atoms with Gasteiger partial charge < -0.3 is 15.4 Å². The number of amides is 2. The Labute approximate surface area is 134 Å². The molecule has 0 saturated carbocycles. The fraction of sp³-hybridized carbons (Fsp3) is 0.533. The lowest BCUT2D eigenvalue weighted by Gasteiger charge is -2.26. The summed E-state index contributed by atoms with van der Waals surface area (Å²) in [5.74, 6) is 1.45. The van der Waals surface area contributed by atoms with Gasteiger partial charge in [0.1, 0.15) is 0 Å². The molecule has 1 aromatic rings. The van der Waals surface area contributed by atoms with Gasteiger partial charge in [-0.25, -0.2) is 4.79 Å². The average molecular weight is 327 g/mol. The molecular formula is C15H19ClN2O2S. The molecular weight excluding hydrogens is 308 g/mol. The van der Waals surface area contributed by atoms with Gasteiger partial charge in [-0.05, 0) is 36.6 Å². The van der Waals surface area contributed by atoms with Crippen molar-refractivity contribution < 1.29 is 9.53 Å². The number of rotatable bonds is 3. The quantitative estimate of drug-likeness (QED) is 0.896. The number of carbonyl (C=O) groups excluding carboxylic acids is 1. The lowest BCUT2D eigenvalue weighted by atomic mass is 10.0. The van der Waals surface area contributed by atoms with E-state index < -0.39 is 0 Å². The van der Waals surface area contributed by atoms with E-state index in [1.165, 1.54) is 4.90 Å². The molecule has 4 nitrogen and oxygen atoms in total. The van der Waals surface area contributed by atoms with Crippen LogP contribution in [0.5, 0.6) is 0 Å². The summed E-state index contributed by atoms with van der Waals surface area (Å²) in [6, 6.07) is 5.82. The first kappa shape index (κ1) is 15.0. The maximum absolute atomic E-state index is 12.1. The number of carbonyl (C=O) groups is 1. The Morgan fingerprint density at radius 3 is 3.14 bits per heavy atom. The number of benzene rings is 1. The summed E-state index contributed by atoms with van der Waals surface area (Å²) in [5, 5.41) is 6.73. The van der Waals surface area contributed by atoms with Crippen LogP contribution in [-0.2, 0) is 4.74 Å². The van der Waals surface area contributed by atoms with Crippen molar-refractivity contribution in [3.8, 4) is 0 Å². The summed E-state index contributed by atoms with van der Waals surface area (Å²) in [7, 11) is 0. The average Bonchev–Trinajstić information content (AvgIpc) is 2.99. The zero-order valence-corrected chi connectivity index (χ0v) is 13.3. The summed E-state index contributed by atoms with van der Waals surface area (Å²) in [5.41, 5.74) is 1.12. The van der Waals surface area contributed by atoms with Crippen molar-refractivity contribution >= 4 is 29.4 Å². The molecule has 0 radical (unpaired) electrons. The van der Waals surface area contributed by atoms with Gasteiger partial charge in [-0.3, -0.25) is 0 Å². The Morgan fingerprint density at radius 2 is 2.33 bits per heavy atom. The minimum Gasteiger partial charge on any atom is -0.381 e. The first-order valence-electron chi connectivity index (χ1n) is 7.27. The van der Waals surface area contributed by atoms with Crippen LogP contribution in [0.15, 0.2) is 23.1 Å². The van der Waals surface area contributed by atoms with Crippen LogP contribution in [0.1, 0.15) is 24.4 Å². The van der Waals surface area contributed by atoms with Gasteiger partial charge in [-0.15, -0.1) is 11.8 Å². The van der Waals surface area contributed by atoms with Gasteiger partial charge >= 0.3 is 6.03 Å². The smallest absolute Gasteiger partial charge is 0.315 e. The standard InChI is InChI=1S/C15H19ClN2O2S/c16-11-1-2-14-12(7-11)13(4-6-21-14)18-15(19)17-8-10-3-5-20-9-10/h1-2,7,10,13H,3-6,8-9H2,(H2,17,18,19)/t10-,13-/m0/s1. The van der Waals surface area contributed by atoms with Crippen LogP contribution in [0.3, 0.4) is 0 Å². The third-order valence-corrected chi connectivity index (χ3v) is 5.25. The van der Waals surface area contributed by atoms with Crippen LogP contribution >= 0.6 is 23.4 Å². The fourth-order valence-corrected chi connectivity index (χ4v) is 3.99. The molecule has 2 atom stereocenters. The second-order valence-electron chi connectivity index (χ2n) is 5.46. The Morgan fingerprint density at radius 1 is 1.43 bits per heavy atom. The highest BCUT2D eigenvalue weighted by molar-refractivity contribution is 7.99. The first-order valence-corrected chi connectivity index (χ1v) is 8.63. The highest BCUT2D eigenvalue weighted by atomic mass is 35.5. The van der Waals surface area contributed by atoms with Gasteiger partial charge in [0.05, 0.1) is 12.6 Å². The number of ether oxygens (including phenoxy) is 1. The molecule has 0 aliphatic carbocycles. The normalized spacial score (nSPS) is 24.4. The van der Waals surface area contributed by atoms with Gasteiger partial charge in [0.25, 0.3) is 0 Å².